The molecule has 0 atom stereocenters. The van der Waals surface area contributed by atoms with Gasteiger partial charge in [-0.1, -0.05) is 0 Å². The third-order valence-corrected chi connectivity index (χ3v) is 2.59. The number of nitrogens with two attached hydrogens (primary N) is 1. The molecule has 0 aliphatic rings. The van der Waals surface area contributed by atoms with Crippen molar-refractivity contribution in [3.63, 3.8) is 0 Å². The molecule has 8 nitrogen and oxygen atoms in total. The van der Waals surface area contributed by atoms with E-state index < -0.39 is 0 Å². The van der Waals surface area contributed by atoms with Gasteiger partial charge in [-0.05, 0) is 6.92 Å². The minimum atomic E-state index is 0.198. The normalized spacial score (nSPS) is 10.5. The zero-order valence-corrected chi connectivity index (χ0v) is 11.5. The summed E-state index contributed by atoms with van der Waals surface area (Å²) in [4.78, 5) is 14.1. The molecule has 0 saturated carbocycles. The smallest absolute Gasteiger partial charge is 0.231 e. The highest BCUT2D eigenvalue weighted by Crippen LogP contribution is 2.11. The molecule has 0 amide bonds. The van der Waals surface area contributed by atoms with E-state index in [0.717, 1.165) is 11.3 Å². The zero-order chi connectivity index (χ0) is 14.0. The number of hydrogen-bond donors (Lipinski definition) is 2. The van der Waals surface area contributed by atoms with Crippen LogP contribution in [0.1, 0.15) is 11.3 Å². The number of anilines is 3. The van der Waals surface area contributed by atoms with Crippen molar-refractivity contribution < 1.29 is 0 Å². The molecule has 0 aliphatic carbocycles. The first-order chi connectivity index (χ1) is 8.95. The van der Waals surface area contributed by atoms with Crippen LogP contribution in [-0.4, -0.2) is 38.8 Å². The molecule has 102 valence electrons. The molecule has 0 spiro atoms. The highest BCUT2D eigenvalue weighted by Gasteiger charge is 2.07. The Morgan fingerprint density at radius 2 is 2.05 bits per heavy atom. The van der Waals surface area contributed by atoms with Crippen LogP contribution in [0.4, 0.5) is 17.8 Å². The van der Waals surface area contributed by atoms with Gasteiger partial charge in [-0.25, -0.2) is 0 Å². The van der Waals surface area contributed by atoms with Crippen molar-refractivity contribution in [3.8, 4) is 0 Å². The lowest BCUT2D eigenvalue weighted by Crippen LogP contribution is -2.16. The van der Waals surface area contributed by atoms with Crippen LogP contribution >= 0.6 is 0 Å². The van der Waals surface area contributed by atoms with Gasteiger partial charge in [0.1, 0.15) is 0 Å². The summed E-state index contributed by atoms with van der Waals surface area (Å²) in [6.07, 6.45) is 1.96. The first-order valence-electron chi connectivity index (χ1n) is 5.87. The highest BCUT2D eigenvalue weighted by molar-refractivity contribution is 5.41. The van der Waals surface area contributed by atoms with Crippen LogP contribution in [0.2, 0.25) is 0 Å². The van der Waals surface area contributed by atoms with Gasteiger partial charge in [0.2, 0.25) is 17.8 Å². The summed E-state index contributed by atoms with van der Waals surface area (Å²) < 4.78 is 1.78. The molecular weight excluding hydrogens is 244 g/mol. The predicted octanol–water partition coefficient (Wildman–Crippen LogP) is 0.174. The van der Waals surface area contributed by atoms with E-state index in [1.54, 1.807) is 9.58 Å². The first-order valence-corrected chi connectivity index (χ1v) is 5.87. The van der Waals surface area contributed by atoms with Crippen molar-refractivity contribution in [2.75, 3.05) is 30.0 Å². The topological polar surface area (TPSA) is 97.8 Å². The first kappa shape index (κ1) is 13.1. The highest BCUT2D eigenvalue weighted by atomic mass is 15.3. The molecule has 2 rings (SSSR count). The monoisotopic (exact) mass is 262 g/mol. The largest absolute Gasteiger partial charge is 0.368 e. The number of nitrogens with one attached hydrogen (secondary N) is 1. The number of nitrogen functional groups attached to an aromatic ring is 1. The van der Waals surface area contributed by atoms with Crippen molar-refractivity contribution in [1.82, 2.24) is 24.7 Å². The fourth-order valence-electron chi connectivity index (χ4n) is 1.66. The van der Waals surface area contributed by atoms with E-state index in [-0.39, 0.29) is 5.95 Å². The van der Waals surface area contributed by atoms with Crippen LogP contribution in [0.25, 0.3) is 0 Å². The van der Waals surface area contributed by atoms with Crippen LogP contribution in [0.5, 0.6) is 0 Å². The maximum atomic E-state index is 5.65. The zero-order valence-electron chi connectivity index (χ0n) is 11.5. The van der Waals surface area contributed by atoms with E-state index >= 15 is 0 Å². The summed E-state index contributed by atoms with van der Waals surface area (Å²) in [6.45, 7) is 2.56. The molecule has 0 unspecified atom stereocenters. The lowest BCUT2D eigenvalue weighted by atomic mass is 10.3. The van der Waals surface area contributed by atoms with Crippen molar-refractivity contribution >= 4 is 17.8 Å². The molecule has 2 heterocycles. The summed E-state index contributed by atoms with van der Waals surface area (Å²) in [5.74, 6) is 1.18. The predicted molar refractivity (Wildman–Crippen MR) is 73.8 cm³/mol. The van der Waals surface area contributed by atoms with Crippen LogP contribution in [-0.2, 0) is 13.6 Å². The molecule has 2 aromatic heterocycles. The Morgan fingerprint density at radius 1 is 1.32 bits per heavy atom. The number of nitrogens with zero attached hydrogens (tertiary/aromatic N) is 6. The fourth-order valence-corrected chi connectivity index (χ4v) is 1.66. The van der Waals surface area contributed by atoms with Gasteiger partial charge in [0.05, 0.1) is 5.69 Å². The van der Waals surface area contributed by atoms with Crippen molar-refractivity contribution in [2.45, 2.75) is 13.5 Å². The lowest BCUT2D eigenvalue weighted by Gasteiger charge is -2.11. The third kappa shape index (κ3) is 3.09. The molecule has 3 N–H and O–H groups in total. The van der Waals surface area contributed by atoms with E-state index in [2.05, 4.69) is 25.4 Å². The molecule has 0 fully saturated rings. The SMILES string of the molecule is Cc1nn(C)cc1CNc1nc(N)nc(N(C)C)n1. The maximum absolute atomic E-state index is 5.65. The lowest BCUT2D eigenvalue weighted by molar-refractivity contribution is 0.756. The van der Waals surface area contributed by atoms with E-state index in [9.17, 15) is 0 Å². The minimum Gasteiger partial charge on any atom is -0.368 e. The van der Waals surface area contributed by atoms with Gasteiger partial charge in [-0.15, -0.1) is 0 Å². The van der Waals surface area contributed by atoms with E-state index in [4.69, 9.17) is 5.73 Å². The average molecular weight is 262 g/mol. The number of rotatable bonds is 4. The molecule has 0 aliphatic heterocycles. The Bertz CT molecular complexity index is 574. The Hall–Kier alpha value is -2.38. The van der Waals surface area contributed by atoms with Gasteiger partial charge in [0.15, 0.2) is 0 Å². The quantitative estimate of drug-likeness (QED) is 0.810. The van der Waals surface area contributed by atoms with Gasteiger partial charge >= 0.3 is 0 Å². The summed E-state index contributed by atoms with van der Waals surface area (Å²) in [6, 6.07) is 0. The second-order valence-electron chi connectivity index (χ2n) is 4.48. The number of hydrogen-bond acceptors (Lipinski definition) is 7. The van der Waals surface area contributed by atoms with E-state index in [1.807, 2.05) is 34.3 Å². The number of aryl methyl sites for hydroxylation is 2. The summed E-state index contributed by atoms with van der Waals surface area (Å²) in [5, 5.41) is 7.41. The Kier molecular flexibility index (Phi) is 3.50. The van der Waals surface area contributed by atoms with Crippen LogP contribution in [0.15, 0.2) is 6.20 Å². The minimum absolute atomic E-state index is 0.198. The standard InChI is InChI=1S/C11H18N8/c1-7-8(6-19(4)17-7)5-13-10-14-9(12)15-11(16-10)18(2)3/h6H,5H2,1-4H3,(H3,12,13,14,15,16). The van der Waals surface area contributed by atoms with Gasteiger partial charge in [-0.2, -0.15) is 20.1 Å². The molecule has 0 radical (unpaired) electrons. The van der Waals surface area contributed by atoms with Crippen LogP contribution < -0.4 is 16.0 Å². The second-order valence-corrected chi connectivity index (χ2v) is 4.48. The molecule has 0 bridgehead atoms. The Balaban J connectivity index is 2.13. The van der Waals surface area contributed by atoms with E-state index in [1.165, 1.54) is 0 Å². The van der Waals surface area contributed by atoms with Crippen molar-refractivity contribution in [2.24, 2.45) is 7.05 Å². The molecule has 0 saturated heterocycles. The van der Waals surface area contributed by atoms with E-state index in [0.29, 0.717) is 18.4 Å². The Morgan fingerprint density at radius 3 is 2.63 bits per heavy atom. The number of aromatic nitrogens is 5. The molecule has 0 aromatic carbocycles. The van der Waals surface area contributed by atoms with Crippen LogP contribution in [0, 0.1) is 6.92 Å². The van der Waals surface area contributed by atoms with Gasteiger partial charge < -0.3 is 16.0 Å². The summed E-state index contributed by atoms with van der Waals surface area (Å²) in [5.41, 5.74) is 7.72. The Labute approximate surface area is 111 Å². The summed E-state index contributed by atoms with van der Waals surface area (Å²) in [7, 11) is 5.59. The molecule has 19 heavy (non-hydrogen) atoms. The molecular formula is C11H18N8. The summed E-state index contributed by atoms with van der Waals surface area (Å²) >= 11 is 0. The molecule has 2 aromatic rings. The average Bonchev–Trinajstić information content (AvgIpc) is 2.64. The van der Waals surface area contributed by atoms with Gasteiger partial charge in [0, 0.05) is 39.4 Å². The fraction of sp³-hybridized carbons (Fsp3) is 0.455. The molecule has 8 heteroatoms. The van der Waals surface area contributed by atoms with Crippen molar-refractivity contribution in [1.29, 1.82) is 0 Å². The van der Waals surface area contributed by atoms with Gasteiger partial charge in [0.25, 0.3) is 0 Å². The second kappa shape index (κ2) is 5.09. The van der Waals surface area contributed by atoms with Gasteiger partial charge in [-0.3, -0.25) is 4.68 Å². The third-order valence-electron chi connectivity index (χ3n) is 2.59. The maximum Gasteiger partial charge on any atom is 0.231 e. The van der Waals surface area contributed by atoms with Crippen molar-refractivity contribution in [3.05, 3.63) is 17.5 Å². The van der Waals surface area contributed by atoms with Crippen LogP contribution in [0.3, 0.4) is 0 Å².